The first-order valence-electron chi connectivity index (χ1n) is 14.1. The molecular weight excluding hydrogens is 510 g/mol. The maximum absolute atomic E-state index is 13.7. The van der Waals surface area contributed by atoms with Gasteiger partial charge in [-0.25, -0.2) is 9.69 Å². The van der Waals surface area contributed by atoms with Crippen molar-refractivity contribution in [3.8, 4) is 0 Å². The molecule has 1 spiro atoms. The molecule has 4 amide bonds. The van der Waals surface area contributed by atoms with Crippen LogP contribution in [0.1, 0.15) is 67.1 Å². The predicted octanol–water partition coefficient (Wildman–Crippen LogP) is 3.38. The quantitative estimate of drug-likeness (QED) is 0.471. The van der Waals surface area contributed by atoms with Crippen LogP contribution < -0.4 is 5.32 Å². The lowest BCUT2D eigenvalue weighted by molar-refractivity contribution is -0.143. The molecule has 1 saturated heterocycles. The number of carbonyl (C=O) groups is 4. The third-order valence-corrected chi connectivity index (χ3v) is 8.54. The molecule has 5 rings (SSSR count). The number of benzene rings is 2. The van der Waals surface area contributed by atoms with Crippen molar-refractivity contribution in [3.63, 3.8) is 0 Å². The second-order valence-electron chi connectivity index (χ2n) is 11.6. The lowest BCUT2D eigenvalue weighted by Gasteiger charge is -2.30. The van der Waals surface area contributed by atoms with Crippen molar-refractivity contribution < 1.29 is 29.0 Å². The van der Waals surface area contributed by atoms with Gasteiger partial charge >= 0.3 is 6.09 Å². The highest BCUT2D eigenvalue weighted by Gasteiger charge is 2.58. The highest BCUT2D eigenvalue weighted by Crippen LogP contribution is 2.45. The highest BCUT2D eigenvalue weighted by molar-refractivity contribution is 6.06. The molecule has 212 valence electrons. The van der Waals surface area contributed by atoms with E-state index in [4.69, 9.17) is 4.74 Å². The fourth-order valence-corrected chi connectivity index (χ4v) is 5.77. The summed E-state index contributed by atoms with van der Waals surface area (Å²) in [6.07, 6.45) is 1.99. The van der Waals surface area contributed by atoms with Gasteiger partial charge in [-0.3, -0.25) is 14.4 Å². The molecule has 1 saturated carbocycles. The zero-order valence-electron chi connectivity index (χ0n) is 23.3. The third-order valence-electron chi connectivity index (χ3n) is 8.54. The van der Waals surface area contributed by atoms with E-state index in [1.165, 1.54) is 0 Å². The minimum atomic E-state index is -1.49. The predicted molar refractivity (Wildman–Crippen MR) is 147 cm³/mol. The van der Waals surface area contributed by atoms with Crippen LogP contribution >= 0.6 is 0 Å². The van der Waals surface area contributed by atoms with E-state index in [-0.39, 0.29) is 49.4 Å². The number of aryl methyl sites for hydroxylation is 1. The van der Waals surface area contributed by atoms with E-state index in [1.54, 1.807) is 23.1 Å². The van der Waals surface area contributed by atoms with Crippen LogP contribution in [0.3, 0.4) is 0 Å². The lowest BCUT2D eigenvalue weighted by Crippen LogP contribution is -2.47. The SMILES string of the molecule is CC(C)[C@H](CO)NC(=O)c1ccc2c(c1)CC[C@@]21OC(=O)N(CC(=O)N(Cc2ccccc2)[C@@H](C)C2CC2)C1=O. The minimum absolute atomic E-state index is 0.00621. The second kappa shape index (κ2) is 11.0. The minimum Gasteiger partial charge on any atom is -0.427 e. The van der Waals surface area contributed by atoms with Gasteiger partial charge in [0.25, 0.3) is 11.8 Å². The Kier molecular flexibility index (Phi) is 7.68. The van der Waals surface area contributed by atoms with E-state index in [0.29, 0.717) is 30.0 Å². The monoisotopic (exact) mass is 547 g/mol. The number of fused-ring (bicyclic) bond motifs is 2. The van der Waals surface area contributed by atoms with E-state index in [1.807, 2.05) is 51.1 Å². The summed E-state index contributed by atoms with van der Waals surface area (Å²) >= 11 is 0. The van der Waals surface area contributed by atoms with E-state index in [0.717, 1.165) is 28.9 Å². The first-order valence-corrected chi connectivity index (χ1v) is 14.1. The molecule has 2 aliphatic carbocycles. The first-order chi connectivity index (χ1) is 19.1. The van der Waals surface area contributed by atoms with Crippen molar-refractivity contribution in [3.05, 3.63) is 70.8 Å². The molecule has 9 nitrogen and oxygen atoms in total. The molecule has 3 atom stereocenters. The van der Waals surface area contributed by atoms with Crippen molar-refractivity contribution >= 4 is 23.8 Å². The molecule has 0 unspecified atom stereocenters. The Morgan fingerprint density at radius 2 is 1.85 bits per heavy atom. The summed E-state index contributed by atoms with van der Waals surface area (Å²) in [5.41, 5.74) is 1.20. The molecule has 2 N–H and O–H groups in total. The van der Waals surface area contributed by atoms with Crippen molar-refractivity contribution in [2.24, 2.45) is 11.8 Å². The molecule has 2 aromatic rings. The van der Waals surface area contributed by atoms with Crippen LogP contribution in [-0.2, 0) is 32.9 Å². The van der Waals surface area contributed by atoms with Gasteiger partial charge in [-0.2, -0.15) is 0 Å². The van der Waals surface area contributed by atoms with Crippen molar-refractivity contribution in [1.82, 2.24) is 15.1 Å². The Morgan fingerprint density at radius 3 is 2.50 bits per heavy atom. The molecule has 1 heterocycles. The van der Waals surface area contributed by atoms with Crippen LogP contribution in [-0.4, -0.2) is 64.0 Å². The Balaban J connectivity index is 1.33. The van der Waals surface area contributed by atoms with Crippen molar-refractivity contribution in [2.45, 2.75) is 70.7 Å². The number of amides is 4. The summed E-state index contributed by atoms with van der Waals surface area (Å²) in [5.74, 6) is -0.671. The van der Waals surface area contributed by atoms with Gasteiger partial charge < -0.3 is 20.1 Å². The Morgan fingerprint density at radius 1 is 1.12 bits per heavy atom. The standard InChI is InChI=1S/C31H37N3O6/c1-19(2)26(18-35)32-28(37)24-11-12-25-23(15-24)13-14-31(25)29(38)34(30(39)40-31)17-27(36)33(20(3)22-9-10-22)16-21-7-5-4-6-8-21/h4-8,11-12,15,19-20,22,26,35H,9-10,13-14,16-18H2,1-3H3,(H,32,37)/t20-,26-,31+/m0/s1. The molecule has 3 aliphatic rings. The summed E-state index contributed by atoms with van der Waals surface area (Å²) in [6.45, 7) is 5.71. The number of rotatable bonds is 10. The number of aliphatic hydroxyl groups is 1. The average Bonchev–Trinajstić information content (AvgIpc) is 3.70. The molecule has 0 radical (unpaired) electrons. The summed E-state index contributed by atoms with van der Waals surface area (Å²) < 4.78 is 5.73. The average molecular weight is 548 g/mol. The molecule has 2 fully saturated rings. The number of aliphatic hydroxyl groups excluding tert-OH is 1. The Labute approximate surface area is 234 Å². The molecule has 2 aromatic carbocycles. The largest absolute Gasteiger partial charge is 0.427 e. The molecule has 40 heavy (non-hydrogen) atoms. The molecular formula is C31H37N3O6. The maximum atomic E-state index is 13.7. The van der Waals surface area contributed by atoms with Crippen molar-refractivity contribution in [1.29, 1.82) is 0 Å². The third kappa shape index (κ3) is 5.22. The van der Waals surface area contributed by atoms with Gasteiger partial charge in [0.05, 0.1) is 12.6 Å². The summed E-state index contributed by atoms with van der Waals surface area (Å²) in [4.78, 5) is 55.8. The second-order valence-corrected chi connectivity index (χ2v) is 11.6. The van der Waals surface area contributed by atoms with Crippen LogP contribution in [0.2, 0.25) is 0 Å². The van der Waals surface area contributed by atoms with Gasteiger partial charge in [0.1, 0.15) is 6.54 Å². The fourth-order valence-electron chi connectivity index (χ4n) is 5.77. The van der Waals surface area contributed by atoms with Crippen LogP contribution in [0.5, 0.6) is 0 Å². The summed E-state index contributed by atoms with van der Waals surface area (Å²) in [7, 11) is 0. The van der Waals surface area contributed by atoms with Gasteiger partial charge in [0.15, 0.2) is 0 Å². The van der Waals surface area contributed by atoms with Crippen molar-refractivity contribution in [2.75, 3.05) is 13.2 Å². The number of carbonyl (C=O) groups excluding carboxylic acids is 4. The van der Waals surface area contributed by atoms with E-state index >= 15 is 0 Å². The number of nitrogens with zero attached hydrogens (tertiary/aromatic N) is 2. The molecule has 9 heteroatoms. The maximum Gasteiger partial charge on any atom is 0.418 e. The van der Waals surface area contributed by atoms with Gasteiger partial charge in [0.2, 0.25) is 11.5 Å². The van der Waals surface area contributed by atoms with Gasteiger partial charge in [-0.15, -0.1) is 0 Å². The zero-order valence-corrected chi connectivity index (χ0v) is 23.3. The Hall–Kier alpha value is -3.72. The molecule has 0 aromatic heterocycles. The van der Waals surface area contributed by atoms with Gasteiger partial charge in [-0.05, 0) is 61.3 Å². The van der Waals surface area contributed by atoms with Crippen LogP contribution in [0, 0.1) is 11.8 Å². The van der Waals surface area contributed by atoms with Gasteiger partial charge in [-0.1, -0.05) is 50.2 Å². The fraction of sp³-hybridized carbons (Fsp3) is 0.484. The summed E-state index contributed by atoms with van der Waals surface area (Å²) in [6, 6.07) is 14.3. The van der Waals surface area contributed by atoms with E-state index < -0.39 is 17.6 Å². The molecule has 0 bridgehead atoms. The summed E-state index contributed by atoms with van der Waals surface area (Å²) in [5, 5.41) is 12.4. The highest BCUT2D eigenvalue weighted by atomic mass is 16.6. The number of ether oxygens (including phenoxy) is 1. The zero-order chi connectivity index (χ0) is 28.6. The van der Waals surface area contributed by atoms with E-state index in [9.17, 15) is 24.3 Å². The number of hydrogen-bond acceptors (Lipinski definition) is 6. The van der Waals surface area contributed by atoms with Crippen LogP contribution in [0.15, 0.2) is 48.5 Å². The van der Waals surface area contributed by atoms with Gasteiger partial charge in [0, 0.05) is 30.1 Å². The number of imide groups is 1. The molecule has 1 aliphatic heterocycles. The topological polar surface area (TPSA) is 116 Å². The van der Waals surface area contributed by atoms with Crippen LogP contribution in [0.4, 0.5) is 4.79 Å². The number of nitrogens with one attached hydrogen (secondary N) is 1. The van der Waals surface area contributed by atoms with Crippen LogP contribution in [0.25, 0.3) is 0 Å². The van der Waals surface area contributed by atoms with E-state index in [2.05, 4.69) is 5.32 Å². The number of hydrogen-bond donors (Lipinski definition) is 2. The smallest absolute Gasteiger partial charge is 0.418 e. The first kappa shape index (κ1) is 27.8. The Bertz CT molecular complexity index is 1310. The lowest BCUT2D eigenvalue weighted by atomic mass is 9.94. The normalized spacial score (nSPS) is 21.4.